The summed E-state index contributed by atoms with van der Waals surface area (Å²) < 4.78 is 0. The predicted molar refractivity (Wildman–Crippen MR) is 83.5 cm³/mol. The molecule has 2 nitrogen and oxygen atoms in total. The van der Waals surface area contributed by atoms with E-state index in [9.17, 15) is 0 Å². The van der Waals surface area contributed by atoms with Crippen molar-refractivity contribution < 1.29 is 0 Å². The van der Waals surface area contributed by atoms with Gasteiger partial charge in [-0.2, -0.15) is 0 Å². The van der Waals surface area contributed by atoms with Crippen LogP contribution in [0.4, 0.5) is 5.69 Å². The van der Waals surface area contributed by atoms with E-state index in [4.69, 9.17) is 0 Å². The molecule has 1 aliphatic carbocycles. The van der Waals surface area contributed by atoms with Crippen molar-refractivity contribution in [2.75, 3.05) is 11.9 Å². The topological polar surface area (TPSA) is 24.1 Å². The molecule has 0 spiro atoms. The second-order valence-electron chi connectivity index (χ2n) is 6.25. The van der Waals surface area contributed by atoms with Crippen LogP contribution in [0.3, 0.4) is 0 Å². The monoisotopic (exact) mass is 260 g/mol. The van der Waals surface area contributed by atoms with Gasteiger partial charge in [0.15, 0.2) is 0 Å². The second-order valence-corrected chi connectivity index (χ2v) is 6.25. The Balaban J connectivity index is 1.82. The van der Waals surface area contributed by atoms with Gasteiger partial charge in [-0.1, -0.05) is 38.5 Å². The van der Waals surface area contributed by atoms with Crippen LogP contribution in [0, 0.1) is 11.8 Å². The molecule has 2 atom stereocenters. The van der Waals surface area contributed by atoms with Crippen molar-refractivity contribution in [3.8, 4) is 0 Å². The summed E-state index contributed by atoms with van der Waals surface area (Å²) in [6.07, 6.45) is 4.24. The lowest BCUT2D eigenvalue weighted by Gasteiger charge is -2.34. The van der Waals surface area contributed by atoms with Crippen LogP contribution in [-0.2, 0) is 0 Å². The third kappa shape index (κ3) is 4.24. The fraction of sp³-hybridized carbons (Fsp3) is 0.647. The first-order chi connectivity index (χ1) is 9.16. The summed E-state index contributed by atoms with van der Waals surface area (Å²) >= 11 is 0. The van der Waals surface area contributed by atoms with Gasteiger partial charge in [-0.3, -0.25) is 0 Å². The van der Waals surface area contributed by atoms with E-state index in [1.807, 2.05) is 0 Å². The van der Waals surface area contributed by atoms with Gasteiger partial charge >= 0.3 is 0 Å². The number of rotatable bonds is 7. The maximum atomic E-state index is 3.72. The van der Waals surface area contributed by atoms with Gasteiger partial charge in [-0.05, 0) is 43.7 Å². The minimum Gasteiger partial charge on any atom is -0.381 e. The van der Waals surface area contributed by atoms with E-state index >= 15 is 0 Å². The smallest absolute Gasteiger partial charge is 0.0408 e. The van der Waals surface area contributed by atoms with Crippen LogP contribution in [0.1, 0.15) is 40.0 Å². The second kappa shape index (κ2) is 6.95. The number of hydrogen-bond acceptors (Lipinski definition) is 2. The van der Waals surface area contributed by atoms with Gasteiger partial charge in [0.05, 0.1) is 0 Å². The van der Waals surface area contributed by atoms with Crippen LogP contribution >= 0.6 is 0 Å². The molecule has 0 aliphatic heterocycles. The SMILES string of the molecule is CC(C)[C@H](CN[C@@H](C)C1CCC1)Nc1ccccc1. The van der Waals surface area contributed by atoms with Crippen LogP contribution in [0.15, 0.2) is 30.3 Å². The van der Waals surface area contributed by atoms with Gasteiger partial charge in [-0.25, -0.2) is 0 Å². The highest BCUT2D eigenvalue weighted by Gasteiger charge is 2.24. The number of anilines is 1. The number of hydrogen-bond donors (Lipinski definition) is 2. The van der Waals surface area contributed by atoms with Gasteiger partial charge in [0.2, 0.25) is 0 Å². The van der Waals surface area contributed by atoms with E-state index in [2.05, 4.69) is 61.7 Å². The van der Waals surface area contributed by atoms with Crippen LogP contribution in [0.5, 0.6) is 0 Å². The molecule has 2 N–H and O–H groups in total. The summed E-state index contributed by atoms with van der Waals surface area (Å²) in [5, 5.41) is 7.37. The minimum atomic E-state index is 0.491. The van der Waals surface area contributed by atoms with Crippen LogP contribution < -0.4 is 10.6 Å². The Hall–Kier alpha value is -1.02. The zero-order chi connectivity index (χ0) is 13.7. The Labute approximate surface area is 118 Å². The Kier molecular flexibility index (Phi) is 5.26. The minimum absolute atomic E-state index is 0.491. The maximum Gasteiger partial charge on any atom is 0.0408 e. The molecule has 1 aromatic rings. The van der Waals surface area contributed by atoms with Gasteiger partial charge in [0.1, 0.15) is 0 Å². The van der Waals surface area contributed by atoms with Crippen molar-refractivity contribution in [3.05, 3.63) is 30.3 Å². The van der Waals surface area contributed by atoms with Gasteiger partial charge in [0.25, 0.3) is 0 Å². The molecule has 19 heavy (non-hydrogen) atoms. The number of benzene rings is 1. The third-order valence-electron chi connectivity index (χ3n) is 4.45. The zero-order valence-corrected chi connectivity index (χ0v) is 12.5. The molecule has 0 radical (unpaired) electrons. The molecule has 106 valence electrons. The van der Waals surface area contributed by atoms with Gasteiger partial charge < -0.3 is 10.6 Å². The Bertz CT molecular complexity index is 357. The van der Waals surface area contributed by atoms with Crippen LogP contribution in [-0.4, -0.2) is 18.6 Å². The first kappa shape index (κ1) is 14.4. The summed E-state index contributed by atoms with van der Waals surface area (Å²) in [4.78, 5) is 0. The van der Waals surface area contributed by atoms with E-state index in [1.165, 1.54) is 24.9 Å². The van der Waals surface area contributed by atoms with E-state index in [1.54, 1.807) is 0 Å². The van der Waals surface area contributed by atoms with Crippen molar-refractivity contribution in [1.29, 1.82) is 0 Å². The molecular formula is C17H28N2. The lowest BCUT2D eigenvalue weighted by molar-refractivity contribution is 0.237. The molecule has 0 unspecified atom stereocenters. The van der Waals surface area contributed by atoms with Crippen molar-refractivity contribution >= 4 is 5.69 Å². The van der Waals surface area contributed by atoms with Gasteiger partial charge in [-0.15, -0.1) is 0 Å². The lowest BCUT2D eigenvalue weighted by Crippen LogP contribution is -2.44. The summed E-state index contributed by atoms with van der Waals surface area (Å²) in [5.74, 6) is 1.53. The van der Waals surface area contributed by atoms with Gasteiger partial charge in [0, 0.05) is 24.3 Å². The molecule has 0 aromatic heterocycles. The number of para-hydroxylation sites is 1. The van der Waals surface area contributed by atoms with Crippen molar-refractivity contribution in [2.24, 2.45) is 11.8 Å². The molecule has 1 fully saturated rings. The quantitative estimate of drug-likeness (QED) is 0.777. The standard InChI is InChI=1S/C17H28N2/c1-13(2)17(19-16-10-5-4-6-11-16)12-18-14(3)15-8-7-9-15/h4-6,10-11,13-15,17-19H,7-9,12H2,1-3H3/t14-,17-/m0/s1. The molecule has 0 amide bonds. The molecule has 1 saturated carbocycles. The summed E-state index contributed by atoms with van der Waals surface area (Å²) in [6.45, 7) is 7.96. The Morgan fingerprint density at radius 1 is 1.11 bits per heavy atom. The molecule has 2 heteroatoms. The van der Waals surface area contributed by atoms with E-state index in [0.717, 1.165) is 12.5 Å². The Morgan fingerprint density at radius 3 is 2.32 bits per heavy atom. The average Bonchev–Trinajstić information content (AvgIpc) is 2.33. The largest absolute Gasteiger partial charge is 0.381 e. The molecule has 0 heterocycles. The molecule has 0 bridgehead atoms. The van der Waals surface area contributed by atoms with Crippen LogP contribution in [0.25, 0.3) is 0 Å². The summed E-state index contributed by atoms with van der Waals surface area (Å²) in [7, 11) is 0. The van der Waals surface area contributed by atoms with E-state index in [-0.39, 0.29) is 0 Å². The predicted octanol–water partition coefficient (Wildman–Crippen LogP) is 3.90. The Morgan fingerprint density at radius 2 is 1.79 bits per heavy atom. The highest BCUT2D eigenvalue weighted by Crippen LogP contribution is 2.29. The molecule has 2 rings (SSSR count). The zero-order valence-electron chi connectivity index (χ0n) is 12.5. The molecular weight excluding hydrogens is 232 g/mol. The number of nitrogens with one attached hydrogen (secondary N) is 2. The van der Waals surface area contributed by atoms with Crippen molar-refractivity contribution in [3.63, 3.8) is 0 Å². The highest BCUT2D eigenvalue weighted by molar-refractivity contribution is 5.43. The molecule has 1 aromatic carbocycles. The summed E-state index contributed by atoms with van der Waals surface area (Å²) in [5.41, 5.74) is 1.22. The molecule has 0 saturated heterocycles. The fourth-order valence-corrected chi connectivity index (χ4v) is 2.62. The summed E-state index contributed by atoms with van der Waals surface area (Å²) in [6, 6.07) is 11.7. The lowest BCUT2D eigenvalue weighted by atomic mass is 9.80. The third-order valence-corrected chi connectivity index (χ3v) is 4.45. The first-order valence-electron chi connectivity index (χ1n) is 7.72. The van der Waals surface area contributed by atoms with E-state index in [0.29, 0.717) is 18.0 Å². The van der Waals surface area contributed by atoms with Crippen molar-refractivity contribution in [1.82, 2.24) is 5.32 Å². The molecule has 1 aliphatic rings. The van der Waals surface area contributed by atoms with Crippen molar-refractivity contribution in [2.45, 2.75) is 52.1 Å². The highest BCUT2D eigenvalue weighted by atomic mass is 15.0. The average molecular weight is 260 g/mol. The first-order valence-corrected chi connectivity index (χ1v) is 7.72. The van der Waals surface area contributed by atoms with Crippen LogP contribution in [0.2, 0.25) is 0 Å². The fourth-order valence-electron chi connectivity index (χ4n) is 2.62. The maximum absolute atomic E-state index is 3.72. The normalized spacial score (nSPS) is 18.9. The van der Waals surface area contributed by atoms with E-state index < -0.39 is 0 Å².